The summed E-state index contributed by atoms with van der Waals surface area (Å²) in [4.78, 5) is 0. The molecule has 0 fully saturated rings. The molecule has 0 radical (unpaired) electrons. The summed E-state index contributed by atoms with van der Waals surface area (Å²) in [6, 6.07) is 0. The van der Waals surface area contributed by atoms with Gasteiger partial charge in [-0.2, -0.15) is 11.8 Å². The number of aliphatic hydroxyl groups is 1. The third-order valence-corrected chi connectivity index (χ3v) is 2.77. The van der Waals surface area contributed by atoms with Gasteiger partial charge in [0.2, 0.25) is 0 Å². The van der Waals surface area contributed by atoms with E-state index in [9.17, 15) is 5.11 Å². The molecule has 0 amide bonds. The molecule has 0 spiro atoms. The van der Waals surface area contributed by atoms with Gasteiger partial charge in [-0.3, -0.25) is 0 Å². The van der Waals surface area contributed by atoms with E-state index < -0.39 is 0 Å². The average Bonchev–Trinajstić information content (AvgIpc) is 1.97. The van der Waals surface area contributed by atoms with Gasteiger partial charge in [0, 0.05) is 5.75 Å². The molecular weight excluding hydrogens is 156 g/mol. The highest BCUT2D eigenvalue weighted by molar-refractivity contribution is 7.99. The lowest BCUT2D eigenvalue weighted by molar-refractivity contribution is 0.195. The molecule has 0 aromatic rings. The van der Waals surface area contributed by atoms with Crippen molar-refractivity contribution in [3.8, 4) is 0 Å². The van der Waals surface area contributed by atoms with E-state index in [0.29, 0.717) is 0 Å². The SMILES string of the molecule is CCC(O)CSCCC(C)C. The zero-order chi connectivity index (χ0) is 8.69. The maximum atomic E-state index is 9.20. The van der Waals surface area contributed by atoms with Crippen LogP contribution in [0.2, 0.25) is 0 Å². The Morgan fingerprint density at radius 3 is 2.45 bits per heavy atom. The van der Waals surface area contributed by atoms with E-state index in [4.69, 9.17) is 0 Å². The van der Waals surface area contributed by atoms with Gasteiger partial charge < -0.3 is 5.11 Å². The fraction of sp³-hybridized carbons (Fsp3) is 1.00. The second-order valence-electron chi connectivity index (χ2n) is 3.32. The standard InChI is InChI=1S/C9H20OS/c1-4-9(10)7-11-6-5-8(2)3/h8-10H,4-7H2,1-3H3. The van der Waals surface area contributed by atoms with Crippen LogP contribution in [0.1, 0.15) is 33.6 Å². The molecular formula is C9H20OS. The normalized spacial score (nSPS) is 13.9. The van der Waals surface area contributed by atoms with Crippen molar-refractivity contribution in [2.24, 2.45) is 5.92 Å². The minimum absolute atomic E-state index is 0.0906. The van der Waals surface area contributed by atoms with Crippen LogP contribution in [0.4, 0.5) is 0 Å². The predicted octanol–water partition coefficient (Wildman–Crippen LogP) is 2.54. The topological polar surface area (TPSA) is 20.2 Å². The Morgan fingerprint density at radius 2 is 2.00 bits per heavy atom. The van der Waals surface area contributed by atoms with Crippen molar-refractivity contribution in [2.75, 3.05) is 11.5 Å². The largest absolute Gasteiger partial charge is 0.392 e. The Kier molecular flexibility index (Phi) is 7.18. The molecule has 68 valence electrons. The van der Waals surface area contributed by atoms with E-state index in [1.807, 2.05) is 18.7 Å². The molecule has 0 aliphatic heterocycles. The first kappa shape index (κ1) is 11.3. The molecule has 1 unspecified atom stereocenters. The van der Waals surface area contributed by atoms with Gasteiger partial charge in [0.1, 0.15) is 0 Å². The molecule has 0 saturated carbocycles. The van der Waals surface area contributed by atoms with Gasteiger partial charge in [-0.25, -0.2) is 0 Å². The minimum atomic E-state index is -0.0906. The van der Waals surface area contributed by atoms with Crippen LogP contribution in [0, 0.1) is 5.92 Å². The molecule has 1 N–H and O–H groups in total. The van der Waals surface area contributed by atoms with Crippen LogP contribution in [0.15, 0.2) is 0 Å². The van der Waals surface area contributed by atoms with Crippen molar-refractivity contribution >= 4 is 11.8 Å². The summed E-state index contributed by atoms with van der Waals surface area (Å²) in [7, 11) is 0. The molecule has 0 aliphatic rings. The zero-order valence-electron chi connectivity index (χ0n) is 7.84. The van der Waals surface area contributed by atoms with Crippen LogP contribution in [0.5, 0.6) is 0 Å². The lowest BCUT2D eigenvalue weighted by Crippen LogP contribution is -2.08. The Balaban J connectivity index is 3.01. The molecule has 0 bridgehead atoms. The molecule has 0 rings (SSSR count). The van der Waals surface area contributed by atoms with Crippen molar-refractivity contribution in [3.63, 3.8) is 0 Å². The van der Waals surface area contributed by atoms with E-state index in [0.717, 1.165) is 18.1 Å². The Morgan fingerprint density at radius 1 is 1.36 bits per heavy atom. The third kappa shape index (κ3) is 8.21. The summed E-state index contributed by atoms with van der Waals surface area (Å²) in [5, 5.41) is 9.20. The second kappa shape index (κ2) is 6.99. The fourth-order valence-electron chi connectivity index (χ4n) is 0.656. The number of thioether (sulfide) groups is 1. The van der Waals surface area contributed by atoms with Crippen LogP contribution in [0.3, 0.4) is 0 Å². The molecule has 1 nitrogen and oxygen atoms in total. The van der Waals surface area contributed by atoms with Gasteiger partial charge in [-0.05, 0) is 24.5 Å². The maximum Gasteiger partial charge on any atom is 0.0628 e. The summed E-state index contributed by atoms with van der Waals surface area (Å²) in [5.74, 6) is 2.89. The van der Waals surface area contributed by atoms with Crippen molar-refractivity contribution in [1.82, 2.24) is 0 Å². The first-order chi connectivity index (χ1) is 5.16. The van der Waals surface area contributed by atoms with E-state index in [1.54, 1.807) is 0 Å². The van der Waals surface area contributed by atoms with Crippen LogP contribution in [0.25, 0.3) is 0 Å². The van der Waals surface area contributed by atoms with Gasteiger partial charge in [0.15, 0.2) is 0 Å². The highest BCUT2D eigenvalue weighted by Crippen LogP contribution is 2.10. The maximum absolute atomic E-state index is 9.20. The molecule has 1 atom stereocenters. The molecule has 0 saturated heterocycles. The molecule has 11 heavy (non-hydrogen) atoms. The summed E-state index contributed by atoms with van der Waals surface area (Å²) >= 11 is 1.86. The van der Waals surface area contributed by atoms with Crippen LogP contribution in [-0.4, -0.2) is 22.7 Å². The van der Waals surface area contributed by atoms with Gasteiger partial charge in [0.05, 0.1) is 6.10 Å². The molecule has 0 aromatic heterocycles. The lowest BCUT2D eigenvalue weighted by Gasteiger charge is -2.07. The number of aliphatic hydroxyl groups excluding tert-OH is 1. The molecule has 0 aromatic carbocycles. The van der Waals surface area contributed by atoms with Crippen LogP contribution < -0.4 is 0 Å². The molecule has 2 heteroatoms. The summed E-state index contributed by atoms with van der Waals surface area (Å²) in [6.07, 6.45) is 2.06. The van der Waals surface area contributed by atoms with Crippen molar-refractivity contribution in [2.45, 2.75) is 39.7 Å². The smallest absolute Gasteiger partial charge is 0.0628 e. The fourth-order valence-corrected chi connectivity index (χ4v) is 1.97. The summed E-state index contributed by atoms with van der Waals surface area (Å²) in [5.41, 5.74) is 0. The van der Waals surface area contributed by atoms with Crippen molar-refractivity contribution in [3.05, 3.63) is 0 Å². The molecule has 0 aliphatic carbocycles. The Hall–Kier alpha value is 0.310. The number of hydrogen-bond acceptors (Lipinski definition) is 2. The van der Waals surface area contributed by atoms with E-state index in [1.165, 1.54) is 12.2 Å². The zero-order valence-corrected chi connectivity index (χ0v) is 8.66. The summed E-state index contributed by atoms with van der Waals surface area (Å²) in [6.45, 7) is 6.49. The van der Waals surface area contributed by atoms with Gasteiger partial charge >= 0.3 is 0 Å². The first-order valence-corrected chi connectivity index (χ1v) is 5.58. The second-order valence-corrected chi connectivity index (χ2v) is 4.47. The quantitative estimate of drug-likeness (QED) is 0.628. The van der Waals surface area contributed by atoms with Gasteiger partial charge in [-0.1, -0.05) is 20.8 Å². The predicted molar refractivity (Wildman–Crippen MR) is 53.1 cm³/mol. The number of rotatable bonds is 6. The van der Waals surface area contributed by atoms with Crippen molar-refractivity contribution in [1.29, 1.82) is 0 Å². The highest BCUT2D eigenvalue weighted by atomic mass is 32.2. The third-order valence-electron chi connectivity index (χ3n) is 1.62. The summed E-state index contributed by atoms with van der Waals surface area (Å²) < 4.78 is 0. The lowest BCUT2D eigenvalue weighted by atomic mass is 10.2. The van der Waals surface area contributed by atoms with Crippen LogP contribution in [-0.2, 0) is 0 Å². The monoisotopic (exact) mass is 176 g/mol. The van der Waals surface area contributed by atoms with E-state index >= 15 is 0 Å². The first-order valence-electron chi connectivity index (χ1n) is 4.42. The van der Waals surface area contributed by atoms with E-state index in [2.05, 4.69) is 13.8 Å². The minimum Gasteiger partial charge on any atom is -0.392 e. The van der Waals surface area contributed by atoms with Crippen molar-refractivity contribution < 1.29 is 5.11 Å². The highest BCUT2D eigenvalue weighted by Gasteiger charge is 2.00. The van der Waals surface area contributed by atoms with E-state index in [-0.39, 0.29) is 6.10 Å². The Labute approximate surface area is 74.6 Å². The van der Waals surface area contributed by atoms with Gasteiger partial charge in [0.25, 0.3) is 0 Å². The number of hydrogen-bond donors (Lipinski definition) is 1. The molecule has 0 heterocycles. The van der Waals surface area contributed by atoms with Crippen LogP contribution >= 0.6 is 11.8 Å². The van der Waals surface area contributed by atoms with Gasteiger partial charge in [-0.15, -0.1) is 0 Å². The average molecular weight is 176 g/mol. The Bertz CT molecular complexity index is 83.6.